The molecule has 6 heteroatoms. The van der Waals surface area contributed by atoms with E-state index in [-0.39, 0.29) is 22.8 Å². The Morgan fingerprint density at radius 2 is 2.25 bits per heavy atom. The van der Waals surface area contributed by atoms with E-state index >= 15 is 0 Å². The summed E-state index contributed by atoms with van der Waals surface area (Å²) in [5.74, 6) is 0.665. The largest absolute Gasteiger partial charge is 0.461 e. The van der Waals surface area contributed by atoms with Crippen LogP contribution in [0.25, 0.3) is 11.0 Å². The number of ketones is 1. The maximum absolute atomic E-state index is 11.8. The van der Waals surface area contributed by atoms with E-state index in [1.807, 2.05) is 25.1 Å². The lowest BCUT2D eigenvalue weighted by Crippen LogP contribution is -2.00. The molecule has 0 amide bonds. The highest BCUT2D eigenvalue weighted by Gasteiger charge is 2.11. The first kappa shape index (κ1) is 14.9. The molecule has 20 heavy (non-hydrogen) atoms. The van der Waals surface area contributed by atoms with E-state index < -0.39 is 0 Å². The smallest absolute Gasteiger partial charge is 0.208 e. The number of Topliss-reactive ketones (excluding diaryl/α,β-unsaturated/α-hetero) is 1. The fourth-order valence-corrected chi connectivity index (χ4v) is 2.57. The van der Waals surface area contributed by atoms with Crippen LogP contribution in [0, 0.1) is 6.92 Å². The van der Waals surface area contributed by atoms with Crippen molar-refractivity contribution in [3.05, 3.63) is 47.9 Å². The van der Waals surface area contributed by atoms with Crippen LogP contribution < -0.4 is 0 Å². The van der Waals surface area contributed by atoms with Crippen LogP contribution >= 0.6 is 28.7 Å². The van der Waals surface area contributed by atoms with E-state index in [0.717, 1.165) is 16.2 Å². The van der Waals surface area contributed by atoms with E-state index in [1.54, 1.807) is 12.1 Å². The summed E-state index contributed by atoms with van der Waals surface area (Å²) in [6.07, 6.45) is 1.50. The summed E-state index contributed by atoms with van der Waals surface area (Å²) in [6.45, 7) is 2.04. The number of H-pyrrole nitrogens is 1. The van der Waals surface area contributed by atoms with Gasteiger partial charge in [0.2, 0.25) is 5.78 Å². The van der Waals surface area contributed by atoms with Crippen LogP contribution in [0.15, 0.2) is 46.2 Å². The number of rotatable bonds is 4. The summed E-state index contributed by atoms with van der Waals surface area (Å²) in [5, 5.41) is 0.750. The molecule has 0 aliphatic rings. The van der Waals surface area contributed by atoms with E-state index in [4.69, 9.17) is 4.42 Å². The molecule has 0 spiro atoms. The zero-order valence-corrected chi connectivity index (χ0v) is 13.3. The molecule has 0 atom stereocenters. The number of aryl methyl sites for hydroxylation is 1. The summed E-state index contributed by atoms with van der Waals surface area (Å²) in [6, 6.07) is 9.42. The number of nitrogens with one attached hydrogen (secondary N) is 1. The van der Waals surface area contributed by atoms with Gasteiger partial charge in [0.15, 0.2) is 10.9 Å². The van der Waals surface area contributed by atoms with Gasteiger partial charge in [-0.3, -0.25) is 4.79 Å². The summed E-state index contributed by atoms with van der Waals surface area (Å²) in [4.78, 5) is 19.4. The number of fused-ring (bicyclic) bond motifs is 1. The number of imidazole rings is 1. The zero-order chi connectivity index (χ0) is 13.2. The van der Waals surface area contributed by atoms with Crippen LogP contribution in [-0.2, 0) is 0 Å². The van der Waals surface area contributed by atoms with Crippen LogP contribution in [-0.4, -0.2) is 21.5 Å². The van der Waals surface area contributed by atoms with Crippen LogP contribution in [0.1, 0.15) is 16.1 Å². The Kier molecular flexibility index (Phi) is 4.67. The van der Waals surface area contributed by atoms with Crippen molar-refractivity contribution >= 4 is 45.6 Å². The summed E-state index contributed by atoms with van der Waals surface area (Å²) < 4.78 is 5.06. The molecule has 0 saturated heterocycles. The number of thioether (sulfide) groups is 1. The monoisotopic (exact) mass is 352 g/mol. The number of carbonyl (C=O) groups excluding carboxylic acids is 1. The van der Waals surface area contributed by atoms with Crippen LogP contribution in [0.4, 0.5) is 0 Å². The molecule has 0 aliphatic carbocycles. The maximum atomic E-state index is 11.8. The first-order chi connectivity index (χ1) is 9.22. The molecule has 1 N–H and O–H groups in total. The lowest BCUT2D eigenvalue weighted by molar-refractivity contribution is 0.0992. The molecule has 2 aromatic heterocycles. The van der Waals surface area contributed by atoms with Crippen molar-refractivity contribution < 1.29 is 9.21 Å². The minimum absolute atomic E-state index is 0. The minimum Gasteiger partial charge on any atom is -0.461 e. The number of furan rings is 1. The van der Waals surface area contributed by atoms with E-state index in [9.17, 15) is 4.79 Å². The third-order valence-electron chi connectivity index (χ3n) is 2.75. The lowest BCUT2D eigenvalue weighted by atomic mass is 10.2. The van der Waals surface area contributed by atoms with E-state index in [0.29, 0.717) is 11.5 Å². The van der Waals surface area contributed by atoms with Gasteiger partial charge in [-0.2, -0.15) is 0 Å². The highest BCUT2D eigenvalue weighted by Crippen LogP contribution is 2.21. The molecular formula is C14H13BrN2O2S. The van der Waals surface area contributed by atoms with Gasteiger partial charge < -0.3 is 9.40 Å². The van der Waals surface area contributed by atoms with Gasteiger partial charge in [0.1, 0.15) is 0 Å². The molecule has 4 nitrogen and oxygen atoms in total. The standard InChI is InChI=1S/C14H12N2O2S.BrH/c1-9-4-5-10-11(7-9)16-14(15-10)19-8-12(17)13-3-2-6-18-13;/h2-7H,8H2,1H3,(H,15,16);1H. The molecule has 0 fully saturated rings. The number of aromatic nitrogens is 2. The second kappa shape index (κ2) is 6.28. The number of hydrogen-bond donors (Lipinski definition) is 1. The second-order valence-corrected chi connectivity index (χ2v) is 5.22. The molecule has 0 aliphatic heterocycles. The number of hydrogen-bond acceptors (Lipinski definition) is 4. The molecule has 0 radical (unpaired) electrons. The van der Waals surface area contributed by atoms with Gasteiger partial charge in [-0.05, 0) is 36.8 Å². The lowest BCUT2D eigenvalue weighted by Gasteiger charge is -1.94. The summed E-state index contributed by atoms with van der Waals surface area (Å²) in [7, 11) is 0. The van der Waals surface area contributed by atoms with E-state index in [2.05, 4.69) is 9.97 Å². The number of carbonyl (C=O) groups is 1. The minimum atomic E-state index is -0.0355. The summed E-state index contributed by atoms with van der Waals surface area (Å²) in [5.41, 5.74) is 3.09. The predicted octanol–water partition coefficient (Wildman–Crippen LogP) is 4.02. The van der Waals surface area contributed by atoms with Gasteiger partial charge in [0, 0.05) is 0 Å². The Hall–Kier alpha value is -1.53. The molecule has 2 heterocycles. The quantitative estimate of drug-likeness (QED) is 0.569. The summed E-state index contributed by atoms with van der Waals surface area (Å²) >= 11 is 1.38. The Morgan fingerprint density at radius 1 is 1.40 bits per heavy atom. The van der Waals surface area contributed by atoms with Crippen molar-refractivity contribution in [2.45, 2.75) is 12.1 Å². The highest BCUT2D eigenvalue weighted by atomic mass is 79.9. The van der Waals surface area contributed by atoms with Crippen molar-refractivity contribution in [2.24, 2.45) is 0 Å². The number of nitrogens with zero attached hydrogens (tertiary/aromatic N) is 1. The van der Waals surface area contributed by atoms with Gasteiger partial charge in [0.25, 0.3) is 0 Å². The second-order valence-electron chi connectivity index (χ2n) is 4.25. The van der Waals surface area contributed by atoms with Crippen molar-refractivity contribution in [1.82, 2.24) is 9.97 Å². The highest BCUT2D eigenvalue weighted by molar-refractivity contribution is 8.93. The number of benzene rings is 1. The predicted molar refractivity (Wildman–Crippen MR) is 84.9 cm³/mol. The Balaban J connectivity index is 0.00000147. The topological polar surface area (TPSA) is 58.9 Å². The van der Waals surface area contributed by atoms with Gasteiger partial charge in [0.05, 0.1) is 23.0 Å². The van der Waals surface area contributed by atoms with Crippen LogP contribution in [0.2, 0.25) is 0 Å². The molecule has 3 aromatic rings. The SMILES string of the molecule is Br.Cc1ccc2nc(SCC(=O)c3ccco3)[nH]c2c1. The van der Waals surface area contributed by atoms with Gasteiger partial charge in [-0.1, -0.05) is 17.8 Å². The van der Waals surface area contributed by atoms with Crippen molar-refractivity contribution in [3.8, 4) is 0 Å². The van der Waals surface area contributed by atoms with Crippen molar-refractivity contribution in [1.29, 1.82) is 0 Å². The van der Waals surface area contributed by atoms with Crippen LogP contribution in [0.5, 0.6) is 0 Å². The van der Waals surface area contributed by atoms with Gasteiger partial charge in [-0.25, -0.2) is 4.98 Å². The number of halogens is 1. The Morgan fingerprint density at radius 3 is 3.00 bits per heavy atom. The Bertz CT molecular complexity index is 722. The molecule has 0 unspecified atom stereocenters. The average Bonchev–Trinajstić information content (AvgIpc) is 3.04. The maximum Gasteiger partial charge on any atom is 0.208 e. The zero-order valence-electron chi connectivity index (χ0n) is 10.8. The molecule has 0 saturated carbocycles. The van der Waals surface area contributed by atoms with Gasteiger partial charge >= 0.3 is 0 Å². The Labute approximate surface area is 130 Å². The third kappa shape index (κ3) is 3.13. The normalized spacial score (nSPS) is 10.4. The van der Waals surface area contributed by atoms with Gasteiger partial charge in [-0.15, -0.1) is 17.0 Å². The molecule has 3 rings (SSSR count). The van der Waals surface area contributed by atoms with Crippen molar-refractivity contribution in [3.63, 3.8) is 0 Å². The fourth-order valence-electron chi connectivity index (χ4n) is 1.81. The van der Waals surface area contributed by atoms with Crippen molar-refractivity contribution in [2.75, 3.05) is 5.75 Å². The van der Waals surface area contributed by atoms with E-state index in [1.165, 1.54) is 23.6 Å². The first-order valence-corrected chi connectivity index (χ1v) is 6.87. The molecule has 104 valence electrons. The molecule has 0 bridgehead atoms. The average molecular weight is 353 g/mol. The number of aromatic amines is 1. The first-order valence-electron chi connectivity index (χ1n) is 5.88. The molecule has 1 aromatic carbocycles. The van der Waals surface area contributed by atoms with Crippen LogP contribution in [0.3, 0.4) is 0 Å². The molecular weight excluding hydrogens is 340 g/mol. The third-order valence-corrected chi connectivity index (χ3v) is 3.62. The fraction of sp³-hybridized carbons (Fsp3) is 0.143.